The van der Waals surface area contributed by atoms with Crippen molar-refractivity contribution in [2.75, 3.05) is 6.61 Å². The molecule has 0 aromatic heterocycles. The zero-order valence-corrected chi connectivity index (χ0v) is 22.9. The van der Waals surface area contributed by atoms with Crippen molar-refractivity contribution in [1.29, 1.82) is 0 Å². The van der Waals surface area contributed by atoms with Crippen molar-refractivity contribution in [3.05, 3.63) is 23.8 Å². The largest absolute Gasteiger partial charge is 0.463 e. The first-order valence-electron chi connectivity index (χ1n) is 13.3. The summed E-state index contributed by atoms with van der Waals surface area (Å²) in [6.07, 6.45) is -3.05. The molecule has 0 spiro atoms. The molecule has 9 heteroatoms. The number of aliphatic hydroxyl groups excluding tert-OH is 3. The monoisotopic (exact) mass is 524 g/mol. The quantitative estimate of drug-likeness (QED) is 0.261. The lowest BCUT2D eigenvalue weighted by atomic mass is 9.53. The SMILES string of the molecule is C=C1CCC(O)C2(C)CCC(C(C)C)C(OC3OC(COC(C)=O)C(OC(=O)C(C)=CC)C(O)C3O)C12. The molecule has 210 valence electrons. The Morgan fingerprint density at radius 3 is 2.43 bits per heavy atom. The van der Waals surface area contributed by atoms with Crippen LogP contribution in [0.5, 0.6) is 0 Å². The summed E-state index contributed by atoms with van der Waals surface area (Å²) in [5.74, 6) is -1.05. The first-order chi connectivity index (χ1) is 17.3. The number of allylic oxidation sites excluding steroid dienone is 1. The van der Waals surface area contributed by atoms with E-state index in [1.54, 1.807) is 19.9 Å². The molecule has 3 fully saturated rings. The molecule has 2 saturated carbocycles. The summed E-state index contributed by atoms with van der Waals surface area (Å²) in [6, 6.07) is 0. The molecular formula is C28H44O9. The van der Waals surface area contributed by atoms with E-state index >= 15 is 0 Å². The van der Waals surface area contributed by atoms with E-state index in [4.69, 9.17) is 18.9 Å². The van der Waals surface area contributed by atoms with Gasteiger partial charge in [0.05, 0.1) is 12.2 Å². The summed E-state index contributed by atoms with van der Waals surface area (Å²) in [4.78, 5) is 24.0. The van der Waals surface area contributed by atoms with Gasteiger partial charge in [0.1, 0.15) is 24.9 Å². The van der Waals surface area contributed by atoms with E-state index in [1.807, 2.05) is 0 Å². The third-order valence-corrected chi connectivity index (χ3v) is 8.65. The third-order valence-electron chi connectivity index (χ3n) is 8.65. The maximum Gasteiger partial charge on any atom is 0.333 e. The van der Waals surface area contributed by atoms with Gasteiger partial charge in [-0.3, -0.25) is 4.79 Å². The lowest BCUT2D eigenvalue weighted by Crippen LogP contribution is -2.63. The standard InChI is InChI=1S/C28H44O9/c1-8-15(4)26(33)36-25-19(13-34-17(6)29)35-27(23(32)22(25)31)37-24-18(14(2)3)11-12-28(7)20(30)10-9-16(5)21(24)28/h8,14,18-25,27,30-32H,5,9-13H2,1-4,6-7H3. The Labute approximate surface area is 219 Å². The smallest absolute Gasteiger partial charge is 0.333 e. The minimum Gasteiger partial charge on any atom is -0.463 e. The predicted molar refractivity (Wildman–Crippen MR) is 135 cm³/mol. The van der Waals surface area contributed by atoms with Crippen LogP contribution in [0.1, 0.15) is 67.2 Å². The van der Waals surface area contributed by atoms with Gasteiger partial charge in [-0.1, -0.05) is 39.0 Å². The van der Waals surface area contributed by atoms with Crippen LogP contribution in [-0.4, -0.2) is 76.8 Å². The fourth-order valence-electron chi connectivity index (χ4n) is 6.18. The number of carbonyl (C=O) groups excluding carboxylic acids is 2. The van der Waals surface area contributed by atoms with E-state index in [9.17, 15) is 24.9 Å². The maximum atomic E-state index is 12.4. The van der Waals surface area contributed by atoms with Crippen LogP contribution in [0.4, 0.5) is 0 Å². The number of ether oxygens (including phenoxy) is 4. The van der Waals surface area contributed by atoms with Gasteiger partial charge < -0.3 is 34.3 Å². The summed E-state index contributed by atoms with van der Waals surface area (Å²) < 4.78 is 23.2. The van der Waals surface area contributed by atoms with Gasteiger partial charge in [0.25, 0.3) is 0 Å². The zero-order chi connectivity index (χ0) is 27.7. The molecule has 0 aromatic carbocycles. The van der Waals surface area contributed by atoms with Crippen molar-refractivity contribution in [2.45, 2.75) is 110 Å². The number of esters is 2. The molecular weight excluding hydrogens is 480 g/mol. The Bertz CT molecular complexity index is 883. The minimum atomic E-state index is -1.54. The molecule has 0 amide bonds. The predicted octanol–water partition coefficient (Wildman–Crippen LogP) is 2.66. The topological polar surface area (TPSA) is 132 Å². The molecule has 1 saturated heterocycles. The van der Waals surface area contributed by atoms with E-state index in [2.05, 4.69) is 27.4 Å². The van der Waals surface area contributed by atoms with Gasteiger partial charge in [-0.15, -0.1) is 0 Å². The van der Waals surface area contributed by atoms with E-state index in [0.29, 0.717) is 18.4 Å². The van der Waals surface area contributed by atoms with Crippen molar-refractivity contribution >= 4 is 11.9 Å². The lowest BCUT2D eigenvalue weighted by molar-refractivity contribution is -0.328. The van der Waals surface area contributed by atoms with Crippen LogP contribution in [0.25, 0.3) is 0 Å². The lowest BCUT2D eigenvalue weighted by Gasteiger charge is -2.56. The number of carbonyl (C=O) groups is 2. The van der Waals surface area contributed by atoms with Crippen LogP contribution >= 0.6 is 0 Å². The molecule has 1 heterocycles. The van der Waals surface area contributed by atoms with Crippen LogP contribution in [0.3, 0.4) is 0 Å². The highest BCUT2D eigenvalue weighted by molar-refractivity contribution is 5.87. The van der Waals surface area contributed by atoms with Crippen molar-refractivity contribution in [3.8, 4) is 0 Å². The molecule has 10 atom stereocenters. The molecule has 10 unspecified atom stereocenters. The van der Waals surface area contributed by atoms with E-state index in [1.165, 1.54) is 6.92 Å². The van der Waals surface area contributed by atoms with Gasteiger partial charge in [-0.05, 0) is 51.4 Å². The third kappa shape index (κ3) is 6.11. The summed E-state index contributed by atoms with van der Waals surface area (Å²) in [6.45, 7) is 14.8. The second-order valence-electron chi connectivity index (χ2n) is 11.4. The average Bonchev–Trinajstić information content (AvgIpc) is 2.84. The van der Waals surface area contributed by atoms with Crippen molar-refractivity contribution in [2.24, 2.45) is 23.2 Å². The molecule has 0 radical (unpaired) electrons. The number of aliphatic hydroxyl groups is 3. The Morgan fingerprint density at radius 1 is 1.16 bits per heavy atom. The van der Waals surface area contributed by atoms with Gasteiger partial charge in [-0.2, -0.15) is 0 Å². The van der Waals surface area contributed by atoms with Crippen LogP contribution < -0.4 is 0 Å². The van der Waals surface area contributed by atoms with Crippen molar-refractivity contribution < 1.29 is 43.9 Å². The Morgan fingerprint density at radius 2 is 1.84 bits per heavy atom. The fourth-order valence-corrected chi connectivity index (χ4v) is 6.18. The van der Waals surface area contributed by atoms with Crippen LogP contribution in [0.2, 0.25) is 0 Å². The van der Waals surface area contributed by atoms with Crippen LogP contribution in [0, 0.1) is 23.2 Å². The Kier molecular flexibility index (Phi) is 9.61. The number of fused-ring (bicyclic) bond motifs is 1. The molecule has 2 aliphatic carbocycles. The summed E-state index contributed by atoms with van der Waals surface area (Å²) in [5.41, 5.74) is 0.893. The molecule has 3 N–H and O–H groups in total. The summed E-state index contributed by atoms with van der Waals surface area (Å²) >= 11 is 0. The van der Waals surface area contributed by atoms with Gasteiger partial charge in [0, 0.05) is 23.8 Å². The molecule has 3 aliphatic rings. The van der Waals surface area contributed by atoms with Gasteiger partial charge >= 0.3 is 11.9 Å². The van der Waals surface area contributed by atoms with Crippen molar-refractivity contribution in [1.82, 2.24) is 0 Å². The van der Waals surface area contributed by atoms with E-state index in [0.717, 1.165) is 18.4 Å². The highest BCUT2D eigenvalue weighted by atomic mass is 16.7. The minimum absolute atomic E-state index is 0.105. The van der Waals surface area contributed by atoms with E-state index < -0.39 is 60.3 Å². The van der Waals surface area contributed by atoms with Crippen LogP contribution in [0.15, 0.2) is 23.8 Å². The van der Waals surface area contributed by atoms with E-state index in [-0.39, 0.29) is 24.4 Å². The second kappa shape index (κ2) is 11.9. The Hall–Kier alpha value is -1.78. The molecule has 0 aromatic rings. The maximum absolute atomic E-state index is 12.4. The molecule has 9 nitrogen and oxygen atoms in total. The van der Waals surface area contributed by atoms with Crippen molar-refractivity contribution in [3.63, 3.8) is 0 Å². The first kappa shape index (κ1) is 29.8. The van der Waals surface area contributed by atoms with Gasteiger partial charge in [-0.25, -0.2) is 4.79 Å². The summed E-state index contributed by atoms with van der Waals surface area (Å²) in [5, 5.41) is 33.0. The number of hydrogen-bond acceptors (Lipinski definition) is 9. The summed E-state index contributed by atoms with van der Waals surface area (Å²) in [7, 11) is 0. The average molecular weight is 525 g/mol. The highest BCUT2D eigenvalue weighted by Crippen LogP contribution is 2.56. The first-order valence-corrected chi connectivity index (χ1v) is 13.3. The van der Waals surface area contributed by atoms with Gasteiger partial charge in [0.15, 0.2) is 12.4 Å². The zero-order valence-electron chi connectivity index (χ0n) is 22.9. The molecule has 3 rings (SSSR count). The van der Waals surface area contributed by atoms with Gasteiger partial charge in [0.2, 0.25) is 0 Å². The Balaban J connectivity index is 1.90. The molecule has 1 aliphatic heterocycles. The fraction of sp³-hybridized carbons (Fsp3) is 0.786. The molecule has 0 bridgehead atoms. The number of hydrogen-bond donors (Lipinski definition) is 3. The normalized spacial score (nSPS) is 40.8. The second-order valence-corrected chi connectivity index (χ2v) is 11.4. The molecule has 37 heavy (non-hydrogen) atoms. The number of rotatable bonds is 7. The highest BCUT2D eigenvalue weighted by Gasteiger charge is 2.56. The van der Waals surface area contributed by atoms with Crippen LogP contribution in [-0.2, 0) is 28.5 Å².